The zero-order valence-electron chi connectivity index (χ0n) is 17.2. The van der Waals surface area contributed by atoms with Crippen molar-refractivity contribution in [2.45, 2.75) is 19.9 Å². The molecule has 1 aromatic heterocycles. The molecule has 2 aromatic rings. The Balaban J connectivity index is 1.48. The van der Waals surface area contributed by atoms with Crippen LogP contribution >= 0.6 is 0 Å². The van der Waals surface area contributed by atoms with Crippen molar-refractivity contribution in [3.05, 3.63) is 48.4 Å². The van der Waals surface area contributed by atoms with E-state index in [1.165, 1.54) is 6.26 Å². The van der Waals surface area contributed by atoms with Crippen molar-refractivity contribution >= 4 is 17.5 Å². The van der Waals surface area contributed by atoms with Gasteiger partial charge in [-0.15, -0.1) is 0 Å². The highest BCUT2D eigenvalue weighted by molar-refractivity contribution is 6.02. The van der Waals surface area contributed by atoms with Crippen LogP contribution in [0, 0.1) is 17.2 Å². The number of carbonyl (C=O) groups is 2. The molecule has 3 rings (SSSR count). The van der Waals surface area contributed by atoms with E-state index in [2.05, 4.69) is 16.3 Å². The number of nitrogens with one attached hydrogen (secondary N) is 1. The number of nitriles is 1. The summed E-state index contributed by atoms with van der Waals surface area (Å²) in [5.41, 5.74) is 0.547. The van der Waals surface area contributed by atoms with E-state index in [1.807, 2.05) is 13.8 Å². The minimum Gasteiger partial charge on any atom is -0.484 e. The second-order valence-electron chi connectivity index (χ2n) is 7.48. The molecule has 1 N–H and O–H groups in total. The number of rotatable bonds is 7. The summed E-state index contributed by atoms with van der Waals surface area (Å²) in [6, 6.07) is 12.3. The summed E-state index contributed by atoms with van der Waals surface area (Å²) in [6.45, 7) is 6.49. The first-order chi connectivity index (χ1) is 14.5. The average Bonchev–Trinajstić information content (AvgIpc) is 3.28. The van der Waals surface area contributed by atoms with E-state index in [0.717, 1.165) is 0 Å². The molecule has 0 bridgehead atoms. The Bertz CT molecular complexity index is 896. The van der Waals surface area contributed by atoms with E-state index in [9.17, 15) is 14.9 Å². The normalized spacial score (nSPS) is 15.5. The third kappa shape index (κ3) is 5.39. The van der Waals surface area contributed by atoms with Gasteiger partial charge in [0.2, 0.25) is 0 Å². The molecule has 30 heavy (non-hydrogen) atoms. The number of ether oxygens (including phenoxy) is 1. The molecule has 0 radical (unpaired) electrons. The maximum Gasteiger partial charge on any atom is 0.291 e. The molecule has 2 amide bonds. The maximum absolute atomic E-state index is 12.5. The van der Waals surface area contributed by atoms with Crippen molar-refractivity contribution in [1.29, 1.82) is 5.26 Å². The molecule has 1 saturated heterocycles. The van der Waals surface area contributed by atoms with Crippen LogP contribution in [-0.4, -0.2) is 60.4 Å². The first-order valence-corrected chi connectivity index (χ1v) is 9.97. The van der Waals surface area contributed by atoms with Crippen LogP contribution in [0.1, 0.15) is 24.4 Å². The molecular weight excluding hydrogens is 384 g/mol. The molecule has 1 aliphatic rings. The lowest BCUT2D eigenvalue weighted by atomic mass is 10.0. The van der Waals surface area contributed by atoms with Gasteiger partial charge < -0.3 is 19.4 Å². The second-order valence-corrected chi connectivity index (χ2v) is 7.48. The van der Waals surface area contributed by atoms with Crippen LogP contribution in [0.25, 0.3) is 0 Å². The number of hydrogen-bond acceptors (Lipinski definition) is 6. The molecule has 1 aliphatic heterocycles. The van der Waals surface area contributed by atoms with Crippen LogP contribution in [0.4, 0.5) is 5.69 Å². The van der Waals surface area contributed by atoms with Crippen LogP contribution in [0.5, 0.6) is 5.75 Å². The highest BCUT2D eigenvalue weighted by Crippen LogP contribution is 2.19. The second kappa shape index (κ2) is 9.94. The number of hydrogen-bond donors (Lipinski definition) is 1. The summed E-state index contributed by atoms with van der Waals surface area (Å²) in [5.74, 6) is 0.498. The average molecular weight is 410 g/mol. The fourth-order valence-corrected chi connectivity index (χ4v) is 3.40. The molecule has 8 nitrogen and oxygen atoms in total. The third-order valence-electron chi connectivity index (χ3n) is 5.02. The van der Waals surface area contributed by atoms with Gasteiger partial charge in [0.15, 0.2) is 12.4 Å². The lowest BCUT2D eigenvalue weighted by molar-refractivity contribution is -0.135. The summed E-state index contributed by atoms with van der Waals surface area (Å²) in [5, 5.41) is 12.1. The van der Waals surface area contributed by atoms with E-state index in [0.29, 0.717) is 37.6 Å². The van der Waals surface area contributed by atoms with Crippen molar-refractivity contribution in [3.8, 4) is 11.8 Å². The van der Waals surface area contributed by atoms with Crippen LogP contribution in [0.3, 0.4) is 0 Å². The van der Waals surface area contributed by atoms with Gasteiger partial charge in [0, 0.05) is 37.9 Å². The summed E-state index contributed by atoms with van der Waals surface area (Å²) in [7, 11) is 0. The summed E-state index contributed by atoms with van der Waals surface area (Å²) >= 11 is 0. The minimum atomic E-state index is -0.358. The van der Waals surface area contributed by atoms with E-state index in [4.69, 9.17) is 9.15 Å². The zero-order valence-corrected chi connectivity index (χ0v) is 17.2. The van der Waals surface area contributed by atoms with Crippen LogP contribution in [0.2, 0.25) is 0 Å². The molecule has 1 atom stereocenters. The number of anilines is 1. The van der Waals surface area contributed by atoms with Crippen molar-refractivity contribution in [2.24, 2.45) is 5.92 Å². The molecule has 1 aromatic carbocycles. The van der Waals surface area contributed by atoms with Gasteiger partial charge in [-0.2, -0.15) is 5.26 Å². The number of piperazine rings is 1. The number of nitrogens with zero attached hydrogens (tertiary/aromatic N) is 3. The van der Waals surface area contributed by atoms with Gasteiger partial charge in [-0.1, -0.05) is 19.9 Å². The first kappa shape index (κ1) is 21.4. The van der Waals surface area contributed by atoms with Gasteiger partial charge >= 0.3 is 0 Å². The lowest BCUT2D eigenvalue weighted by Gasteiger charge is -2.38. The maximum atomic E-state index is 12.5. The minimum absolute atomic E-state index is 0.0819. The van der Waals surface area contributed by atoms with E-state index in [-0.39, 0.29) is 36.1 Å². The van der Waals surface area contributed by atoms with Crippen LogP contribution < -0.4 is 10.1 Å². The molecule has 0 aliphatic carbocycles. The van der Waals surface area contributed by atoms with Gasteiger partial charge in [-0.25, -0.2) is 0 Å². The van der Waals surface area contributed by atoms with E-state index < -0.39 is 0 Å². The third-order valence-corrected chi connectivity index (χ3v) is 5.02. The SMILES string of the molecule is CC(C)C(C#N)N1CCN(C(=O)COc2cccc(NC(=O)c3ccco3)c2)CC1. The molecule has 158 valence electrons. The van der Waals surface area contributed by atoms with E-state index >= 15 is 0 Å². The van der Waals surface area contributed by atoms with Crippen LogP contribution in [0.15, 0.2) is 47.1 Å². The number of amides is 2. The topological polar surface area (TPSA) is 98.8 Å². The molecule has 1 fully saturated rings. The lowest BCUT2D eigenvalue weighted by Crippen LogP contribution is -2.53. The van der Waals surface area contributed by atoms with Crippen LogP contribution in [-0.2, 0) is 4.79 Å². The fourth-order valence-electron chi connectivity index (χ4n) is 3.40. The smallest absolute Gasteiger partial charge is 0.291 e. The van der Waals surface area contributed by atoms with E-state index in [1.54, 1.807) is 41.3 Å². The summed E-state index contributed by atoms with van der Waals surface area (Å²) < 4.78 is 10.7. The molecular formula is C22H26N4O4. The summed E-state index contributed by atoms with van der Waals surface area (Å²) in [4.78, 5) is 28.5. The fraction of sp³-hybridized carbons (Fsp3) is 0.409. The Hall–Kier alpha value is -3.31. The Labute approximate surface area is 176 Å². The van der Waals surface area contributed by atoms with Gasteiger partial charge in [0.25, 0.3) is 11.8 Å². The van der Waals surface area contributed by atoms with Gasteiger partial charge in [0.05, 0.1) is 12.3 Å². The number of furan rings is 1. The zero-order chi connectivity index (χ0) is 21.5. The van der Waals surface area contributed by atoms with Crippen molar-refractivity contribution < 1.29 is 18.7 Å². The quantitative estimate of drug-likeness (QED) is 0.753. The number of carbonyl (C=O) groups excluding carboxylic acids is 2. The summed E-state index contributed by atoms with van der Waals surface area (Å²) in [6.07, 6.45) is 1.43. The predicted molar refractivity (Wildman–Crippen MR) is 111 cm³/mol. The van der Waals surface area contributed by atoms with Crippen molar-refractivity contribution in [1.82, 2.24) is 9.80 Å². The van der Waals surface area contributed by atoms with Gasteiger partial charge in [-0.05, 0) is 30.2 Å². The van der Waals surface area contributed by atoms with Crippen molar-refractivity contribution in [2.75, 3.05) is 38.1 Å². The molecule has 8 heteroatoms. The Morgan fingerprint density at radius 3 is 2.60 bits per heavy atom. The highest BCUT2D eigenvalue weighted by Gasteiger charge is 2.27. The molecule has 0 saturated carbocycles. The molecule has 0 spiro atoms. The standard InChI is InChI=1S/C22H26N4O4/c1-16(2)19(14-23)25-8-10-26(11-9-25)21(27)15-30-18-6-3-5-17(13-18)24-22(28)20-7-4-12-29-20/h3-7,12-13,16,19H,8-11,15H2,1-2H3,(H,24,28). The number of benzene rings is 1. The van der Waals surface area contributed by atoms with Gasteiger partial charge in [-0.3, -0.25) is 14.5 Å². The molecule has 2 heterocycles. The first-order valence-electron chi connectivity index (χ1n) is 9.97. The predicted octanol–water partition coefficient (Wildman–Crippen LogP) is 2.60. The molecule has 1 unspecified atom stereocenters. The van der Waals surface area contributed by atoms with Crippen molar-refractivity contribution in [3.63, 3.8) is 0 Å². The highest BCUT2D eigenvalue weighted by atomic mass is 16.5. The van der Waals surface area contributed by atoms with Gasteiger partial charge in [0.1, 0.15) is 11.8 Å². The largest absolute Gasteiger partial charge is 0.484 e. The Kier molecular flexibility index (Phi) is 7.09. The monoisotopic (exact) mass is 410 g/mol. The Morgan fingerprint density at radius 1 is 1.20 bits per heavy atom. The Morgan fingerprint density at radius 2 is 1.97 bits per heavy atom.